The van der Waals surface area contributed by atoms with E-state index in [1.54, 1.807) is 12.1 Å². The van der Waals surface area contributed by atoms with Gasteiger partial charge in [-0.3, -0.25) is 9.79 Å². The Balaban J connectivity index is 0.00000288. The minimum atomic E-state index is -0.0838. The van der Waals surface area contributed by atoms with E-state index in [9.17, 15) is 4.79 Å². The molecule has 0 aromatic heterocycles. The van der Waals surface area contributed by atoms with Gasteiger partial charge in [0.1, 0.15) is 0 Å². The summed E-state index contributed by atoms with van der Waals surface area (Å²) < 4.78 is 0.895. The van der Waals surface area contributed by atoms with Crippen molar-refractivity contribution in [2.45, 2.75) is 25.8 Å². The zero-order valence-electron chi connectivity index (χ0n) is 13.7. The van der Waals surface area contributed by atoms with Gasteiger partial charge >= 0.3 is 0 Å². The molecule has 1 aromatic carbocycles. The highest BCUT2D eigenvalue weighted by atomic mass is 127. The van der Waals surface area contributed by atoms with Crippen LogP contribution in [0.3, 0.4) is 0 Å². The summed E-state index contributed by atoms with van der Waals surface area (Å²) in [4.78, 5) is 16.5. The van der Waals surface area contributed by atoms with Crippen LogP contribution in [-0.2, 0) is 0 Å². The molecule has 132 valence electrons. The fourth-order valence-electron chi connectivity index (χ4n) is 2.32. The minimum Gasteiger partial charge on any atom is -0.357 e. The highest BCUT2D eigenvalue weighted by molar-refractivity contribution is 14.0. The molecule has 1 aromatic rings. The van der Waals surface area contributed by atoms with E-state index in [1.165, 1.54) is 0 Å². The van der Waals surface area contributed by atoms with E-state index in [4.69, 9.17) is 0 Å². The Bertz CT molecular complexity index is 584. The SMILES string of the molecule is CCNC(=NCCNC(=O)c1cccc(Br)c1)NC1CC=CC1.I. The quantitative estimate of drug-likeness (QED) is 0.183. The molecule has 0 unspecified atom stereocenters. The fourth-order valence-corrected chi connectivity index (χ4v) is 2.72. The molecule has 0 spiro atoms. The van der Waals surface area contributed by atoms with Crippen LogP contribution >= 0.6 is 39.9 Å². The number of guanidine groups is 1. The normalized spacial score (nSPS) is 14.2. The van der Waals surface area contributed by atoms with Crippen LogP contribution in [0.15, 0.2) is 45.9 Å². The van der Waals surface area contributed by atoms with Crippen LogP contribution in [0.2, 0.25) is 0 Å². The van der Waals surface area contributed by atoms with Gasteiger partial charge in [-0.25, -0.2) is 0 Å². The molecule has 0 saturated carbocycles. The largest absolute Gasteiger partial charge is 0.357 e. The second-order valence-electron chi connectivity index (χ2n) is 5.31. The molecular weight excluding hydrogens is 483 g/mol. The Kier molecular flexibility index (Phi) is 10.0. The van der Waals surface area contributed by atoms with Crippen molar-refractivity contribution in [2.75, 3.05) is 19.6 Å². The number of nitrogens with zero attached hydrogens (tertiary/aromatic N) is 1. The molecular formula is C17H24BrIN4O. The monoisotopic (exact) mass is 506 g/mol. The van der Waals surface area contributed by atoms with Crippen LogP contribution in [0.25, 0.3) is 0 Å². The van der Waals surface area contributed by atoms with E-state index in [0.717, 1.165) is 29.8 Å². The molecule has 24 heavy (non-hydrogen) atoms. The Morgan fingerprint density at radius 1 is 1.29 bits per heavy atom. The average Bonchev–Trinajstić information content (AvgIpc) is 3.04. The molecule has 0 radical (unpaired) electrons. The van der Waals surface area contributed by atoms with E-state index in [1.807, 2.05) is 19.1 Å². The topological polar surface area (TPSA) is 65.5 Å². The first-order chi connectivity index (χ1) is 11.2. The van der Waals surface area contributed by atoms with Crippen LogP contribution < -0.4 is 16.0 Å². The third kappa shape index (κ3) is 7.21. The summed E-state index contributed by atoms with van der Waals surface area (Å²) in [6.07, 6.45) is 6.42. The van der Waals surface area contributed by atoms with E-state index < -0.39 is 0 Å². The van der Waals surface area contributed by atoms with E-state index in [2.05, 4.69) is 49.0 Å². The molecule has 1 amide bonds. The number of carbonyl (C=O) groups excluding carboxylic acids is 1. The van der Waals surface area contributed by atoms with E-state index in [0.29, 0.717) is 24.7 Å². The number of rotatable bonds is 6. The van der Waals surface area contributed by atoms with Crippen molar-refractivity contribution in [3.63, 3.8) is 0 Å². The summed E-state index contributed by atoms with van der Waals surface area (Å²) in [6, 6.07) is 7.76. The molecule has 2 rings (SSSR count). The lowest BCUT2D eigenvalue weighted by atomic mass is 10.2. The fraction of sp³-hybridized carbons (Fsp3) is 0.412. The third-order valence-corrected chi connectivity index (χ3v) is 3.94. The van der Waals surface area contributed by atoms with Gasteiger partial charge in [-0.05, 0) is 38.0 Å². The number of aliphatic imine (C=N–C) groups is 1. The van der Waals surface area contributed by atoms with Crippen molar-refractivity contribution in [3.05, 3.63) is 46.5 Å². The van der Waals surface area contributed by atoms with Crippen LogP contribution in [0.1, 0.15) is 30.1 Å². The van der Waals surface area contributed by atoms with Gasteiger partial charge in [0.2, 0.25) is 0 Å². The van der Waals surface area contributed by atoms with Crippen molar-refractivity contribution < 1.29 is 4.79 Å². The number of halogens is 2. The first-order valence-corrected chi connectivity index (χ1v) is 8.72. The molecule has 3 N–H and O–H groups in total. The maximum atomic E-state index is 12.0. The van der Waals surface area contributed by atoms with Crippen molar-refractivity contribution in [1.82, 2.24) is 16.0 Å². The molecule has 0 heterocycles. The minimum absolute atomic E-state index is 0. The van der Waals surface area contributed by atoms with Crippen LogP contribution in [-0.4, -0.2) is 37.5 Å². The maximum absolute atomic E-state index is 12.0. The summed E-state index contributed by atoms with van der Waals surface area (Å²) in [5, 5.41) is 9.51. The summed E-state index contributed by atoms with van der Waals surface area (Å²) >= 11 is 3.37. The molecule has 5 nitrogen and oxygen atoms in total. The zero-order valence-corrected chi connectivity index (χ0v) is 17.6. The highest BCUT2D eigenvalue weighted by Gasteiger charge is 2.11. The molecule has 0 atom stereocenters. The van der Waals surface area contributed by atoms with E-state index in [-0.39, 0.29) is 29.9 Å². The Morgan fingerprint density at radius 3 is 2.71 bits per heavy atom. The van der Waals surface area contributed by atoms with Crippen LogP contribution in [0.4, 0.5) is 0 Å². The van der Waals surface area contributed by atoms with Crippen molar-refractivity contribution >= 4 is 51.8 Å². The van der Waals surface area contributed by atoms with Gasteiger partial charge in [0.25, 0.3) is 5.91 Å². The van der Waals surface area contributed by atoms with Gasteiger partial charge < -0.3 is 16.0 Å². The molecule has 0 saturated heterocycles. The summed E-state index contributed by atoms with van der Waals surface area (Å²) in [7, 11) is 0. The van der Waals surface area contributed by atoms with Crippen LogP contribution in [0, 0.1) is 0 Å². The smallest absolute Gasteiger partial charge is 0.251 e. The molecule has 0 bridgehead atoms. The molecule has 1 aliphatic rings. The number of benzene rings is 1. The number of carbonyl (C=O) groups is 1. The van der Waals surface area contributed by atoms with Crippen molar-refractivity contribution in [1.29, 1.82) is 0 Å². The zero-order chi connectivity index (χ0) is 16.5. The van der Waals surface area contributed by atoms with Crippen molar-refractivity contribution in [3.8, 4) is 0 Å². The third-order valence-electron chi connectivity index (χ3n) is 3.45. The summed E-state index contributed by atoms with van der Waals surface area (Å²) in [6.45, 7) is 3.90. The van der Waals surface area contributed by atoms with Crippen molar-refractivity contribution in [2.24, 2.45) is 4.99 Å². The molecule has 0 fully saturated rings. The van der Waals surface area contributed by atoms with Gasteiger partial charge in [-0.2, -0.15) is 0 Å². The lowest BCUT2D eigenvalue weighted by Crippen LogP contribution is -2.43. The first kappa shape index (κ1) is 21.0. The Labute approximate surface area is 168 Å². The highest BCUT2D eigenvalue weighted by Crippen LogP contribution is 2.11. The second-order valence-corrected chi connectivity index (χ2v) is 6.23. The molecule has 1 aliphatic carbocycles. The number of amides is 1. The Morgan fingerprint density at radius 2 is 2.04 bits per heavy atom. The van der Waals surface area contributed by atoms with Gasteiger partial charge in [-0.15, -0.1) is 24.0 Å². The standard InChI is InChI=1S/C17H23BrN4O.HI/c1-2-19-17(22-15-8-3-4-9-15)21-11-10-20-16(23)13-6-5-7-14(18)12-13;/h3-7,12,15H,2,8-11H2,1H3,(H,20,23)(H2,19,21,22);1H. The van der Waals surface area contributed by atoms with E-state index >= 15 is 0 Å². The lowest BCUT2D eigenvalue weighted by molar-refractivity contribution is 0.0954. The molecule has 7 heteroatoms. The summed E-state index contributed by atoms with van der Waals surface area (Å²) in [5.74, 6) is 0.720. The Hall–Kier alpha value is -1.09. The van der Waals surface area contributed by atoms with Gasteiger partial charge in [0.15, 0.2) is 5.96 Å². The number of hydrogen-bond donors (Lipinski definition) is 3. The predicted molar refractivity (Wildman–Crippen MR) is 113 cm³/mol. The first-order valence-electron chi connectivity index (χ1n) is 7.92. The predicted octanol–water partition coefficient (Wildman–Crippen LogP) is 3.07. The lowest BCUT2D eigenvalue weighted by Gasteiger charge is -2.16. The summed E-state index contributed by atoms with van der Waals surface area (Å²) in [5.41, 5.74) is 0.644. The molecule has 0 aliphatic heterocycles. The second kappa shape index (κ2) is 11.5. The number of hydrogen-bond acceptors (Lipinski definition) is 2. The number of nitrogens with one attached hydrogen (secondary N) is 3. The maximum Gasteiger partial charge on any atom is 0.251 e. The average molecular weight is 507 g/mol. The van der Waals surface area contributed by atoms with Gasteiger partial charge in [0, 0.05) is 29.2 Å². The van der Waals surface area contributed by atoms with Crippen LogP contribution in [0.5, 0.6) is 0 Å². The van der Waals surface area contributed by atoms with Gasteiger partial charge in [0.05, 0.1) is 6.54 Å². The van der Waals surface area contributed by atoms with Gasteiger partial charge in [-0.1, -0.05) is 34.1 Å².